The molecule has 34 heavy (non-hydrogen) atoms. The van der Waals surface area contributed by atoms with Crippen LogP contribution in [-0.2, 0) is 20.4 Å². The predicted octanol–water partition coefficient (Wildman–Crippen LogP) is 3.83. The van der Waals surface area contributed by atoms with Crippen LogP contribution in [-0.4, -0.2) is 44.1 Å². The summed E-state index contributed by atoms with van der Waals surface area (Å²) in [4.78, 5) is 40.3. The molecule has 3 aromatic rings. The van der Waals surface area contributed by atoms with E-state index in [9.17, 15) is 13.8 Å². The third kappa shape index (κ3) is 6.12. The van der Waals surface area contributed by atoms with Crippen molar-refractivity contribution in [1.29, 1.82) is 0 Å². The van der Waals surface area contributed by atoms with Crippen molar-refractivity contribution < 1.29 is 18.6 Å². The van der Waals surface area contributed by atoms with Crippen LogP contribution in [0.4, 0.5) is 10.9 Å². The van der Waals surface area contributed by atoms with Gasteiger partial charge in [0.05, 0.1) is 6.20 Å². The van der Waals surface area contributed by atoms with Crippen molar-refractivity contribution in [2.24, 2.45) is 5.16 Å². The van der Waals surface area contributed by atoms with Crippen molar-refractivity contribution in [3.63, 3.8) is 0 Å². The number of aromatic nitrogens is 2. The van der Waals surface area contributed by atoms with E-state index in [2.05, 4.69) is 25.8 Å². The Bertz CT molecular complexity index is 1210. The fourth-order valence-corrected chi connectivity index (χ4v) is 4.58. The third-order valence-electron chi connectivity index (χ3n) is 5.13. The Morgan fingerprint density at radius 3 is 2.53 bits per heavy atom. The van der Waals surface area contributed by atoms with Gasteiger partial charge >= 0.3 is 0 Å². The van der Waals surface area contributed by atoms with E-state index < -0.39 is 16.7 Å². The summed E-state index contributed by atoms with van der Waals surface area (Å²) < 4.78 is 11.7. The van der Waals surface area contributed by atoms with Gasteiger partial charge < -0.3 is 10.2 Å². The lowest BCUT2D eigenvalue weighted by Gasteiger charge is -2.10. The summed E-state index contributed by atoms with van der Waals surface area (Å²) in [5.41, 5.74) is 0.601. The molecule has 176 valence electrons. The van der Waals surface area contributed by atoms with Crippen molar-refractivity contribution in [1.82, 2.24) is 9.97 Å². The Hall–Kier alpha value is -3.44. The summed E-state index contributed by atoms with van der Waals surface area (Å²) in [6.45, 7) is 0. The Morgan fingerprint density at radius 2 is 1.85 bits per heavy atom. The minimum Gasteiger partial charge on any atom is -0.392 e. The Labute approximate surface area is 203 Å². The predicted molar refractivity (Wildman–Crippen MR) is 132 cm³/mol. The van der Waals surface area contributed by atoms with Gasteiger partial charge in [-0.25, -0.2) is 9.97 Å². The van der Waals surface area contributed by atoms with Crippen LogP contribution in [0.5, 0.6) is 0 Å². The standard InChI is InChI=1S/C23H23N5O4S2/c1-34(31)17-11-9-15(10-12-17)20(28-32-16-6-2-3-7-16)22(30)27-23-25-14-18(33-23)21(29)26-19-8-4-5-13-24-19/h4-5,8-14,16H,2-3,6-7H2,1H3,(H,24,26,29)(H,25,27,30)/b28-20+. The number of pyridine rings is 1. The molecule has 1 aliphatic rings. The van der Waals surface area contributed by atoms with Crippen molar-refractivity contribution in [3.05, 3.63) is 65.3 Å². The van der Waals surface area contributed by atoms with E-state index in [1.807, 2.05) is 0 Å². The van der Waals surface area contributed by atoms with Gasteiger partial charge in [-0.05, 0) is 49.9 Å². The first-order chi connectivity index (χ1) is 16.5. The first-order valence-electron chi connectivity index (χ1n) is 10.7. The molecule has 0 saturated heterocycles. The normalized spacial score (nSPS) is 15.0. The monoisotopic (exact) mass is 497 g/mol. The first kappa shape index (κ1) is 23.7. The minimum absolute atomic E-state index is 0.0213. The number of nitrogens with zero attached hydrogens (tertiary/aromatic N) is 3. The largest absolute Gasteiger partial charge is 0.392 e. The van der Waals surface area contributed by atoms with E-state index in [1.54, 1.807) is 54.9 Å². The van der Waals surface area contributed by atoms with Gasteiger partial charge in [0, 0.05) is 33.7 Å². The molecular weight excluding hydrogens is 474 g/mol. The van der Waals surface area contributed by atoms with Gasteiger partial charge in [0.1, 0.15) is 16.8 Å². The maximum Gasteiger partial charge on any atom is 0.280 e. The molecule has 1 fully saturated rings. The number of carbonyl (C=O) groups is 2. The molecule has 1 aromatic carbocycles. The summed E-state index contributed by atoms with van der Waals surface area (Å²) in [5, 5.41) is 9.78. The van der Waals surface area contributed by atoms with Gasteiger partial charge in [-0.3, -0.25) is 19.1 Å². The molecule has 1 atom stereocenters. The van der Waals surface area contributed by atoms with Crippen LogP contribution in [0.25, 0.3) is 0 Å². The fourth-order valence-electron chi connectivity index (χ4n) is 3.36. The molecule has 2 aromatic heterocycles. The van der Waals surface area contributed by atoms with E-state index in [-0.39, 0.29) is 22.9 Å². The quantitative estimate of drug-likeness (QED) is 0.360. The molecule has 4 rings (SSSR count). The van der Waals surface area contributed by atoms with Gasteiger partial charge in [-0.2, -0.15) is 0 Å². The van der Waals surface area contributed by atoms with Crippen LogP contribution < -0.4 is 10.6 Å². The Balaban J connectivity index is 1.49. The number of benzene rings is 1. The topological polar surface area (TPSA) is 123 Å². The SMILES string of the molecule is CS(=O)c1ccc(/C(=N\OC2CCCC2)C(=O)Nc2ncc(C(=O)Nc3ccccn3)s2)cc1. The van der Waals surface area contributed by atoms with E-state index in [0.717, 1.165) is 37.0 Å². The van der Waals surface area contributed by atoms with Crippen molar-refractivity contribution in [3.8, 4) is 0 Å². The maximum absolute atomic E-state index is 13.1. The second kappa shape index (κ2) is 11.1. The highest BCUT2D eigenvalue weighted by atomic mass is 32.2. The number of carbonyl (C=O) groups excluding carboxylic acids is 2. The zero-order valence-corrected chi connectivity index (χ0v) is 20.0. The lowest BCUT2D eigenvalue weighted by Crippen LogP contribution is -2.25. The van der Waals surface area contributed by atoms with Gasteiger partial charge in [0.2, 0.25) is 0 Å². The van der Waals surface area contributed by atoms with E-state index in [1.165, 1.54) is 6.20 Å². The first-order valence-corrected chi connectivity index (χ1v) is 13.0. The van der Waals surface area contributed by atoms with Crippen LogP contribution in [0, 0.1) is 0 Å². The van der Waals surface area contributed by atoms with Gasteiger partial charge in [0.15, 0.2) is 10.8 Å². The van der Waals surface area contributed by atoms with Crippen LogP contribution >= 0.6 is 11.3 Å². The summed E-state index contributed by atoms with van der Waals surface area (Å²) in [6.07, 6.45) is 8.46. The molecule has 0 spiro atoms. The number of anilines is 2. The molecule has 0 aliphatic heterocycles. The Morgan fingerprint density at radius 1 is 1.09 bits per heavy atom. The second-order valence-electron chi connectivity index (χ2n) is 7.58. The van der Waals surface area contributed by atoms with Gasteiger partial charge in [0.25, 0.3) is 11.8 Å². The molecule has 2 heterocycles. The maximum atomic E-state index is 13.1. The molecule has 1 saturated carbocycles. The molecule has 2 amide bonds. The fraction of sp³-hybridized carbons (Fsp3) is 0.261. The molecule has 1 aliphatic carbocycles. The molecule has 0 bridgehead atoms. The molecule has 2 N–H and O–H groups in total. The van der Waals surface area contributed by atoms with Crippen LogP contribution in [0.2, 0.25) is 0 Å². The van der Waals surface area contributed by atoms with Crippen LogP contribution in [0.1, 0.15) is 40.9 Å². The van der Waals surface area contributed by atoms with E-state index >= 15 is 0 Å². The number of hydrogen-bond donors (Lipinski definition) is 2. The number of amides is 2. The number of nitrogens with one attached hydrogen (secondary N) is 2. The number of rotatable bonds is 8. The smallest absolute Gasteiger partial charge is 0.280 e. The second-order valence-corrected chi connectivity index (χ2v) is 9.99. The summed E-state index contributed by atoms with van der Waals surface area (Å²) in [6, 6.07) is 11.9. The average molecular weight is 498 g/mol. The highest BCUT2D eigenvalue weighted by Crippen LogP contribution is 2.23. The molecular formula is C23H23N5O4S2. The highest BCUT2D eigenvalue weighted by molar-refractivity contribution is 7.84. The van der Waals surface area contributed by atoms with E-state index in [4.69, 9.17) is 4.84 Å². The number of hydrogen-bond acceptors (Lipinski definition) is 8. The zero-order valence-electron chi connectivity index (χ0n) is 18.4. The Kier molecular flexibility index (Phi) is 7.76. The highest BCUT2D eigenvalue weighted by Gasteiger charge is 2.21. The summed E-state index contributed by atoms with van der Waals surface area (Å²) in [5.74, 6) is -0.478. The van der Waals surface area contributed by atoms with Crippen molar-refractivity contribution in [2.45, 2.75) is 36.7 Å². The van der Waals surface area contributed by atoms with Crippen LogP contribution in [0.3, 0.4) is 0 Å². The molecule has 9 nitrogen and oxygen atoms in total. The number of oxime groups is 1. The lowest BCUT2D eigenvalue weighted by molar-refractivity contribution is -0.110. The lowest BCUT2D eigenvalue weighted by atomic mass is 10.1. The molecule has 0 radical (unpaired) electrons. The van der Waals surface area contributed by atoms with Crippen LogP contribution in [0.15, 0.2) is 64.9 Å². The summed E-state index contributed by atoms with van der Waals surface area (Å²) >= 11 is 1.03. The van der Waals surface area contributed by atoms with Gasteiger partial charge in [-0.1, -0.05) is 34.7 Å². The molecule has 11 heteroatoms. The number of thiazole rings is 1. The van der Waals surface area contributed by atoms with Crippen molar-refractivity contribution in [2.75, 3.05) is 16.9 Å². The zero-order chi connectivity index (χ0) is 23.9. The van der Waals surface area contributed by atoms with Crippen molar-refractivity contribution >= 4 is 50.6 Å². The third-order valence-corrected chi connectivity index (χ3v) is 6.97. The summed E-state index contributed by atoms with van der Waals surface area (Å²) in [7, 11) is -1.14. The average Bonchev–Trinajstić information content (AvgIpc) is 3.53. The molecule has 1 unspecified atom stereocenters. The van der Waals surface area contributed by atoms with Gasteiger partial charge in [-0.15, -0.1) is 0 Å². The minimum atomic E-state index is -1.14. The van der Waals surface area contributed by atoms with E-state index in [0.29, 0.717) is 21.2 Å².